The summed E-state index contributed by atoms with van der Waals surface area (Å²) in [6.45, 7) is 0. The molecule has 0 N–H and O–H groups in total. The van der Waals surface area contributed by atoms with Gasteiger partial charge in [0.2, 0.25) is 0 Å². The number of rotatable bonds is 1. The fraction of sp³-hybridized carbons (Fsp3) is 0.500. The molecule has 0 rings (SSSR count). The first kappa shape index (κ1) is 9.49. The molecule has 0 aromatic heterocycles. The second kappa shape index (κ2) is 8.95. The molecule has 0 fully saturated rings. The summed E-state index contributed by atoms with van der Waals surface area (Å²) in [5.41, 5.74) is 0. The second-order valence-electron chi connectivity index (χ2n) is 0.349. The first-order valence-corrected chi connectivity index (χ1v) is 3.23. The summed E-state index contributed by atoms with van der Waals surface area (Å²) >= 11 is 1.18. The third kappa shape index (κ3) is 11.0. The van der Waals surface area contributed by atoms with Crippen LogP contribution in [0.15, 0.2) is 0 Å². The summed E-state index contributed by atoms with van der Waals surface area (Å²) in [6.07, 6.45) is 0.924. The molecule has 0 aliphatic rings. The predicted octanol–water partition coefficient (Wildman–Crippen LogP) is -0.766. The zero-order valence-corrected chi connectivity index (χ0v) is 5.35. The molecule has 0 aliphatic heterocycles. The summed E-state index contributed by atoms with van der Waals surface area (Å²) < 4.78 is 0.750. The van der Waals surface area contributed by atoms with Crippen molar-refractivity contribution in [3.05, 3.63) is 0 Å². The second-order valence-corrected chi connectivity index (χ2v) is 1.66. The van der Waals surface area contributed by atoms with Crippen molar-refractivity contribution >= 4 is 29.3 Å². The molecule has 0 spiro atoms. The molecule has 0 heterocycles. The largest absolute Gasteiger partial charge is 0.316 e. The molecule has 0 atom stereocenters. The van der Waals surface area contributed by atoms with E-state index in [9.17, 15) is 4.79 Å². The molecule has 0 radical (unpaired) electrons. The van der Waals surface area contributed by atoms with Gasteiger partial charge >= 0.3 is 59.8 Å². The fourth-order valence-electron chi connectivity index (χ4n) is 0. The van der Waals surface area contributed by atoms with Crippen LogP contribution >= 0.6 is 0 Å². The topological polar surface area (TPSA) is 17.1 Å². The van der Waals surface area contributed by atoms with Crippen molar-refractivity contribution in [2.75, 3.05) is 0 Å². The van der Waals surface area contributed by atoms with Crippen molar-refractivity contribution in [1.82, 2.24) is 0 Å². The van der Waals surface area contributed by atoms with E-state index in [-0.39, 0.29) is 23.1 Å². The van der Waals surface area contributed by atoms with Gasteiger partial charge in [0, 0.05) is 0 Å². The maximum atomic E-state index is 9.20. The molecule has 0 saturated heterocycles. The van der Waals surface area contributed by atoms with Gasteiger partial charge in [-0.1, -0.05) is 0 Å². The Morgan fingerprint density at radius 1 is 1.80 bits per heavy atom. The van der Waals surface area contributed by atoms with E-state index >= 15 is 0 Å². The number of hydrogen-bond acceptors (Lipinski definition) is 1. The number of hydrogen-bond donors (Lipinski definition) is 0. The molecule has 0 amide bonds. The Balaban J connectivity index is 0. The van der Waals surface area contributed by atoms with Crippen molar-refractivity contribution in [1.29, 1.82) is 0 Å². The van der Waals surface area contributed by atoms with Crippen LogP contribution in [0.25, 0.3) is 0 Å². The third-order valence-corrected chi connectivity index (χ3v) is 0.610. The summed E-state index contributed by atoms with van der Waals surface area (Å²) in [5, 5.41) is 0. The van der Waals surface area contributed by atoms with Gasteiger partial charge in [-0.3, -0.25) is 0 Å². The van der Waals surface area contributed by atoms with Gasteiger partial charge in [0.1, 0.15) is 0 Å². The van der Waals surface area contributed by atoms with Gasteiger partial charge in [-0.05, 0) is 0 Å². The van der Waals surface area contributed by atoms with Crippen LogP contribution in [0, 0.1) is 0 Å². The van der Waals surface area contributed by atoms with Gasteiger partial charge < -0.3 is 0 Å². The Labute approximate surface area is 59.6 Å². The van der Waals surface area contributed by atoms with Crippen LogP contribution < -0.4 is 0 Å². The SMILES string of the molecule is O=C[CH2][Ta].[MgH2]. The minimum absolute atomic E-state index is 0. The van der Waals surface area contributed by atoms with Crippen LogP contribution in [0.5, 0.6) is 0 Å². The standard InChI is InChI=1S/C2H3O.Mg.Ta.2H/c1-2-3;;;;/h2H,1H2;;;;. The predicted molar refractivity (Wildman–Crippen MR) is 19.4 cm³/mol. The Morgan fingerprint density at radius 2 is 2.00 bits per heavy atom. The van der Waals surface area contributed by atoms with E-state index in [0.29, 0.717) is 0 Å². The average molecular weight is 250 g/mol. The monoisotopic (exact) mass is 250 g/mol. The zero-order valence-electron chi connectivity index (χ0n) is 2.14. The molecule has 0 unspecified atom stereocenters. The maximum Gasteiger partial charge on any atom is 0.316 e. The van der Waals surface area contributed by atoms with Crippen LogP contribution in [0.4, 0.5) is 0 Å². The summed E-state index contributed by atoms with van der Waals surface area (Å²) in [4.78, 5) is 9.20. The van der Waals surface area contributed by atoms with Gasteiger partial charge in [-0.2, -0.15) is 0 Å². The van der Waals surface area contributed by atoms with Gasteiger partial charge in [0.15, 0.2) is 0 Å². The van der Waals surface area contributed by atoms with Gasteiger partial charge in [-0.15, -0.1) is 0 Å². The molecule has 0 aromatic carbocycles. The van der Waals surface area contributed by atoms with Crippen molar-refractivity contribution < 1.29 is 25.9 Å². The Morgan fingerprint density at radius 3 is 2.00 bits per heavy atom. The molecule has 26 valence electrons. The first-order chi connectivity index (χ1) is 1.91. The van der Waals surface area contributed by atoms with E-state index in [1.54, 1.807) is 0 Å². The zero-order chi connectivity index (χ0) is 3.41. The van der Waals surface area contributed by atoms with Gasteiger partial charge in [0.25, 0.3) is 0 Å². The minimum atomic E-state index is 0. The molecule has 0 bridgehead atoms. The van der Waals surface area contributed by atoms with Gasteiger partial charge in [-0.25, -0.2) is 0 Å². The van der Waals surface area contributed by atoms with Crippen molar-refractivity contribution in [3.8, 4) is 0 Å². The Kier molecular flexibility index (Phi) is 17.0. The maximum absolute atomic E-state index is 9.20. The summed E-state index contributed by atoms with van der Waals surface area (Å²) in [5.74, 6) is 0. The van der Waals surface area contributed by atoms with Crippen molar-refractivity contribution in [2.45, 2.75) is 4.64 Å². The van der Waals surface area contributed by atoms with E-state index in [2.05, 4.69) is 0 Å². The number of carbonyl (C=O) groups excluding carboxylic acids is 1. The smallest absolute Gasteiger partial charge is 0.316 e. The summed E-state index contributed by atoms with van der Waals surface area (Å²) in [6, 6.07) is 0. The Hall–Kier alpha value is 1.18. The van der Waals surface area contributed by atoms with E-state index in [1.165, 1.54) is 21.1 Å². The summed E-state index contributed by atoms with van der Waals surface area (Å²) in [7, 11) is 0. The molecule has 1 nitrogen and oxygen atoms in total. The van der Waals surface area contributed by atoms with Crippen LogP contribution in [-0.2, 0) is 25.9 Å². The van der Waals surface area contributed by atoms with E-state index in [1.807, 2.05) is 0 Å². The molecule has 0 aromatic rings. The minimum Gasteiger partial charge on any atom is 0.316 e. The normalized spacial score (nSPS) is 4.80. The third-order valence-electron chi connectivity index (χ3n) is 0.0745. The van der Waals surface area contributed by atoms with E-state index < -0.39 is 0 Å². The van der Waals surface area contributed by atoms with Crippen LogP contribution in [-0.4, -0.2) is 29.3 Å². The number of carbonyl (C=O) groups is 1. The van der Waals surface area contributed by atoms with Crippen LogP contribution in [0.3, 0.4) is 0 Å². The van der Waals surface area contributed by atoms with E-state index in [4.69, 9.17) is 0 Å². The van der Waals surface area contributed by atoms with Crippen molar-refractivity contribution in [2.24, 2.45) is 0 Å². The van der Waals surface area contributed by atoms with Gasteiger partial charge in [0.05, 0.1) is 0 Å². The fourth-order valence-corrected chi connectivity index (χ4v) is 0. The molecule has 0 saturated carbocycles. The van der Waals surface area contributed by atoms with Crippen molar-refractivity contribution in [3.63, 3.8) is 0 Å². The quantitative estimate of drug-likeness (QED) is 0.441. The first-order valence-electron chi connectivity index (χ1n) is 0.960. The molecule has 3 heteroatoms. The molecular weight excluding hydrogens is 245 g/mol. The van der Waals surface area contributed by atoms with Crippen LogP contribution in [0.2, 0.25) is 4.64 Å². The Bertz CT molecular complexity index is 23.6. The molecule has 5 heavy (non-hydrogen) atoms. The van der Waals surface area contributed by atoms with E-state index in [0.717, 1.165) is 10.9 Å². The van der Waals surface area contributed by atoms with Crippen LogP contribution in [0.1, 0.15) is 0 Å². The molecule has 0 aliphatic carbocycles. The molecular formula is C2H5MgOTa. The average Bonchev–Trinajstić information content (AvgIpc) is 1.37. The number of aldehydes is 1.